The van der Waals surface area contributed by atoms with Gasteiger partial charge in [-0.1, -0.05) is 37.3 Å². The molecule has 0 N–H and O–H groups in total. The van der Waals surface area contributed by atoms with Gasteiger partial charge in [0.1, 0.15) is 12.2 Å². The van der Waals surface area contributed by atoms with E-state index in [0.29, 0.717) is 19.6 Å². The molecule has 2 amide bonds. The molecule has 1 fully saturated rings. The third kappa shape index (κ3) is 5.64. The summed E-state index contributed by atoms with van der Waals surface area (Å²) in [7, 11) is 0. The third-order valence-corrected chi connectivity index (χ3v) is 4.53. The van der Waals surface area contributed by atoms with Crippen LogP contribution in [0.2, 0.25) is 0 Å². The standard InChI is InChI=1S/C20H30N2O4/c1-15-13-21(18(23)25-14-17-9-7-6-8-10-17)11-12-22(16(15)2)19(24)26-20(3,4)5/h6-10,15-16H,11-14H2,1-5H3. The van der Waals surface area contributed by atoms with Gasteiger partial charge >= 0.3 is 12.2 Å². The highest BCUT2D eigenvalue weighted by atomic mass is 16.6. The summed E-state index contributed by atoms with van der Waals surface area (Å²) >= 11 is 0. The normalized spacial score (nSPS) is 21.1. The van der Waals surface area contributed by atoms with Crippen molar-refractivity contribution in [3.63, 3.8) is 0 Å². The van der Waals surface area contributed by atoms with Gasteiger partial charge in [-0.25, -0.2) is 9.59 Å². The number of carbonyl (C=O) groups excluding carboxylic acids is 2. The Hall–Kier alpha value is -2.24. The predicted octanol–water partition coefficient (Wildman–Crippen LogP) is 3.90. The Morgan fingerprint density at radius 3 is 2.35 bits per heavy atom. The molecule has 6 heteroatoms. The summed E-state index contributed by atoms with van der Waals surface area (Å²) < 4.78 is 10.9. The van der Waals surface area contributed by atoms with Gasteiger partial charge in [-0.3, -0.25) is 0 Å². The minimum Gasteiger partial charge on any atom is -0.445 e. The molecule has 0 saturated carbocycles. The molecule has 0 radical (unpaired) electrons. The van der Waals surface area contributed by atoms with Crippen molar-refractivity contribution < 1.29 is 19.1 Å². The smallest absolute Gasteiger partial charge is 0.410 e. The van der Waals surface area contributed by atoms with Crippen molar-refractivity contribution in [2.24, 2.45) is 5.92 Å². The van der Waals surface area contributed by atoms with E-state index in [0.717, 1.165) is 5.56 Å². The highest BCUT2D eigenvalue weighted by Gasteiger charge is 2.34. The Bertz CT molecular complexity index is 612. The summed E-state index contributed by atoms with van der Waals surface area (Å²) in [5.74, 6) is 0.120. The van der Waals surface area contributed by atoms with Crippen molar-refractivity contribution in [2.45, 2.75) is 52.9 Å². The molecule has 1 saturated heterocycles. The van der Waals surface area contributed by atoms with Gasteiger partial charge in [0.15, 0.2) is 0 Å². The van der Waals surface area contributed by atoms with E-state index in [1.807, 2.05) is 65.0 Å². The number of rotatable bonds is 2. The number of amides is 2. The van der Waals surface area contributed by atoms with Crippen LogP contribution in [0, 0.1) is 5.92 Å². The molecule has 0 aliphatic carbocycles. The second kappa shape index (κ2) is 8.43. The largest absolute Gasteiger partial charge is 0.445 e. The topological polar surface area (TPSA) is 59.1 Å². The number of hydrogen-bond acceptors (Lipinski definition) is 4. The first-order valence-corrected chi connectivity index (χ1v) is 9.12. The van der Waals surface area contributed by atoms with E-state index in [1.54, 1.807) is 9.80 Å². The van der Waals surface area contributed by atoms with E-state index in [1.165, 1.54) is 0 Å². The number of nitrogens with zero attached hydrogens (tertiary/aromatic N) is 2. The monoisotopic (exact) mass is 362 g/mol. The number of carbonyl (C=O) groups is 2. The van der Waals surface area contributed by atoms with E-state index in [9.17, 15) is 9.59 Å². The lowest BCUT2D eigenvalue weighted by molar-refractivity contribution is 0.0154. The first kappa shape index (κ1) is 20.1. The lowest BCUT2D eigenvalue weighted by Crippen LogP contribution is -2.45. The van der Waals surface area contributed by atoms with Gasteiger partial charge < -0.3 is 19.3 Å². The fourth-order valence-electron chi connectivity index (χ4n) is 2.89. The van der Waals surface area contributed by atoms with Crippen molar-refractivity contribution in [3.05, 3.63) is 35.9 Å². The Morgan fingerprint density at radius 2 is 1.73 bits per heavy atom. The number of hydrogen-bond donors (Lipinski definition) is 0. The van der Waals surface area contributed by atoms with E-state index in [2.05, 4.69) is 0 Å². The van der Waals surface area contributed by atoms with Gasteiger partial charge in [0.2, 0.25) is 0 Å². The Labute approximate surface area is 156 Å². The van der Waals surface area contributed by atoms with Crippen LogP contribution in [0.1, 0.15) is 40.2 Å². The lowest BCUT2D eigenvalue weighted by atomic mass is 10.0. The molecule has 1 aromatic carbocycles. The van der Waals surface area contributed by atoms with Crippen molar-refractivity contribution in [1.29, 1.82) is 0 Å². The lowest BCUT2D eigenvalue weighted by Gasteiger charge is -2.32. The molecule has 0 spiro atoms. The highest BCUT2D eigenvalue weighted by molar-refractivity contribution is 5.70. The SMILES string of the molecule is CC1CN(C(=O)OCc2ccccc2)CCN(C(=O)OC(C)(C)C)C1C. The molecule has 2 atom stereocenters. The zero-order chi connectivity index (χ0) is 19.3. The third-order valence-electron chi connectivity index (χ3n) is 4.53. The molecule has 26 heavy (non-hydrogen) atoms. The van der Waals surface area contributed by atoms with Gasteiger partial charge in [0.25, 0.3) is 0 Å². The average Bonchev–Trinajstić information content (AvgIpc) is 2.71. The average molecular weight is 362 g/mol. The molecule has 1 aliphatic heterocycles. The minimum absolute atomic E-state index is 0.0169. The van der Waals surface area contributed by atoms with Gasteiger partial charge in [-0.2, -0.15) is 0 Å². The zero-order valence-corrected chi connectivity index (χ0v) is 16.4. The Balaban J connectivity index is 1.96. The van der Waals surface area contributed by atoms with E-state index >= 15 is 0 Å². The second-order valence-corrected chi connectivity index (χ2v) is 7.88. The molecule has 144 valence electrons. The Kier molecular flexibility index (Phi) is 6.51. The highest BCUT2D eigenvalue weighted by Crippen LogP contribution is 2.20. The van der Waals surface area contributed by atoms with Gasteiger partial charge in [-0.15, -0.1) is 0 Å². The maximum absolute atomic E-state index is 12.5. The van der Waals surface area contributed by atoms with E-state index in [4.69, 9.17) is 9.47 Å². The van der Waals surface area contributed by atoms with Gasteiger partial charge in [0, 0.05) is 25.7 Å². The van der Waals surface area contributed by atoms with Crippen LogP contribution >= 0.6 is 0 Å². The summed E-state index contributed by atoms with van der Waals surface area (Å²) in [6.07, 6.45) is -0.685. The second-order valence-electron chi connectivity index (χ2n) is 7.88. The molecule has 1 aromatic rings. The van der Waals surface area contributed by atoms with Crippen LogP contribution in [-0.4, -0.2) is 53.3 Å². The molecule has 2 rings (SSSR count). The van der Waals surface area contributed by atoms with Gasteiger partial charge in [-0.05, 0) is 39.2 Å². The molecular weight excluding hydrogens is 332 g/mol. The summed E-state index contributed by atoms with van der Waals surface area (Å²) in [6, 6.07) is 9.58. The van der Waals surface area contributed by atoms with Crippen molar-refractivity contribution in [3.8, 4) is 0 Å². The van der Waals surface area contributed by atoms with E-state index < -0.39 is 5.60 Å². The van der Waals surface area contributed by atoms with Gasteiger partial charge in [0.05, 0.1) is 0 Å². The van der Waals surface area contributed by atoms with E-state index in [-0.39, 0.29) is 30.8 Å². The number of ether oxygens (including phenoxy) is 2. The van der Waals surface area contributed by atoms with Crippen LogP contribution in [0.4, 0.5) is 9.59 Å². The van der Waals surface area contributed by atoms with Crippen LogP contribution in [-0.2, 0) is 16.1 Å². The fourth-order valence-corrected chi connectivity index (χ4v) is 2.89. The first-order valence-electron chi connectivity index (χ1n) is 9.12. The molecule has 1 heterocycles. The number of benzene rings is 1. The quantitative estimate of drug-likeness (QED) is 0.800. The summed E-state index contributed by atoms with van der Waals surface area (Å²) in [5, 5.41) is 0. The maximum atomic E-state index is 12.5. The molecule has 0 aromatic heterocycles. The molecule has 6 nitrogen and oxygen atoms in total. The predicted molar refractivity (Wildman–Crippen MR) is 99.8 cm³/mol. The first-order chi connectivity index (χ1) is 12.2. The zero-order valence-electron chi connectivity index (χ0n) is 16.4. The van der Waals surface area contributed by atoms with Crippen LogP contribution in [0.5, 0.6) is 0 Å². The minimum atomic E-state index is -0.541. The van der Waals surface area contributed by atoms with Crippen LogP contribution in [0.15, 0.2) is 30.3 Å². The molecule has 1 aliphatic rings. The van der Waals surface area contributed by atoms with Crippen molar-refractivity contribution >= 4 is 12.2 Å². The summed E-state index contributed by atoms with van der Waals surface area (Å²) in [4.78, 5) is 28.3. The fraction of sp³-hybridized carbons (Fsp3) is 0.600. The molecule has 2 unspecified atom stereocenters. The van der Waals surface area contributed by atoms with Crippen LogP contribution in [0.25, 0.3) is 0 Å². The van der Waals surface area contributed by atoms with Crippen molar-refractivity contribution in [2.75, 3.05) is 19.6 Å². The molecule has 0 bridgehead atoms. The maximum Gasteiger partial charge on any atom is 0.410 e. The molecular formula is C20H30N2O4. The van der Waals surface area contributed by atoms with Crippen molar-refractivity contribution in [1.82, 2.24) is 9.80 Å². The van der Waals surface area contributed by atoms with Crippen LogP contribution in [0.3, 0.4) is 0 Å². The Morgan fingerprint density at radius 1 is 1.08 bits per heavy atom. The van der Waals surface area contributed by atoms with Crippen LogP contribution < -0.4 is 0 Å². The summed E-state index contributed by atoms with van der Waals surface area (Å²) in [6.45, 7) is 11.2. The summed E-state index contributed by atoms with van der Waals surface area (Å²) in [5.41, 5.74) is 0.410.